The molecular formula is C29H27F3N6O4S. The van der Waals surface area contributed by atoms with Gasteiger partial charge in [0.25, 0.3) is 0 Å². The highest BCUT2D eigenvalue weighted by atomic mass is 32.2. The fraction of sp³-hybridized carbons (Fsp3) is 0.276. The van der Waals surface area contributed by atoms with E-state index in [4.69, 9.17) is 0 Å². The molecule has 0 aliphatic carbocycles. The summed E-state index contributed by atoms with van der Waals surface area (Å²) in [4.78, 5) is 42.0. The summed E-state index contributed by atoms with van der Waals surface area (Å²) < 4.78 is 71.8. The average Bonchev–Trinajstić information content (AvgIpc) is 2.92. The van der Waals surface area contributed by atoms with Crippen molar-refractivity contribution in [1.82, 2.24) is 24.4 Å². The summed E-state index contributed by atoms with van der Waals surface area (Å²) in [7, 11) is -4.01. The number of carbonyl (C=O) groups is 1. The van der Waals surface area contributed by atoms with Crippen molar-refractivity contribution in [3.05, 3.63) is 82.7 Å². The Morgan fingerprint density at radius 1 is 1.05 bits per heavy atom. The van der Waals surface area contributed by atoms with E-state index in [1.807, 2.05) is 0 Å². The number of aryl methyl sites for hydroxylation is 1. The molecule has 1 amide bonds. The highest BCUT2D eigenvalue weighted by Gasteiger charge is 2.35. The predicted molar refractivity (Wildman–Crippen MR) is 154 cm³/mol. The number of amides is 1. The van der Waals surface area contributed by atoms with Crippen molar-refractivity contribution in [2.75, 3.05) is 24.2 Å². The maximum Gasteiger partial charge on any atom is 0.355 e. The van der Waals surface area contributed by atoms with Crippen LogP contribution in [0.5, 0.6) is 0 Å². The molecule has 4 aromatic rings. The first-order valence-corrected chi connectivity index (χ1v) is 15.1. The predicted octanol–water partition coefficient (Wildman–Crippen LogP) is 3.58. The molecule has 0 radical (unpaired) electrons. The lowest BCUT2D eigenvalue weighted by atomic mass is 10.1. The second kappa shape index (κ2) is 10.9. The summed E-state index contributed by atoms with van der Waals surface area (Å²) in [6.07, 6.45) is 3.36. The fourth-order valence-electron chi connectivity index (χ4n) is 5.52. The first kappa shape index (κ1) is 29.9. The van der Waals surface area contributed by atoms with E-state index in [-0.39, 0.29) is 41.5 Å². The van der Waals surface area contributed by atoms with Crippen LogP contribution in [-0.4, -0.2) is 70.2 Å². The number of aromatic nitrogens is 4. The van der Waals surface area contributed by atoms with E-state index in [0.717, 1.165) is 35.1 Å². The van der Waals surface area contributed by atoms with Crippen LogP contribution in [0.1, 0.15) is 19.4 Å². The van der Waals surface area contributed by atoms with Crippen molar-refractivity contribution in [2.45, 2.75) is 37.9 Å². The molecule has 0 bridgehead atoms. The number of fused-ring (bicyclic) bond motifs is 1. The van der Waals surface area contributed by atoms with E-state index in [1.165, 1.54) is 18.3 Å². The number of benzene rings is 1. The van der Waals surface area contributed by atoms with E-state index >= 15 is 4.39 Å². The van der Waals surface area contributed by atoms with Gasteiger partial charge in [-0.05, 0) is 56.7 Å². The molecule has 1 fully saturated rings. The fourth-order valence-corrected chi connectivity index (χ4v) is 6.38. The van der Waals surface area contributed by atoms with Crippen molar-refractivity contribution in [3.63, 3.8) is 0 Å². The number of anilines is 1. The standard InChI is InChI=1S/C29H27F3N6O4S/c1-6-22(39)36-13-16(3)37(17(4)14-36)27-18-12-21(32)24(23-19(30)8-7-9-20(23)31)34-26(18)38(29(40)35-27)25-15(2)10-11-33-28(25)43(5,41)42/h6-12,16-17H,1,13-14H2,2-5H3/t16-,17+. The molecule has 0 N–H and O–H groups in total. The van der Waals surface area contributed by atoms with Gasteiger partial charge in [-0.3, -0.25) is 4.79 Å². The van der Waals surface area contributed by atoms with Crippen molar-refractivity contribution >= 4 is 32.6 Å². The van der Waals surface area contributed by atoms with Gasteiger partial charge in [-0.1, -0.05) is 12.6 Å². The van der Waals surface area contributed by atoms with Crippen molar-refractivity contribution in [1.29, 1.82) is 0 Å². The monoisotopic (exact) mass is 612 g/mol. The molecule has 5 rings (SSSR count). The molecule has 0 unspecified atom stereocenters. The van der Waals surface area contributed by atoms with Crippen LogP contribution in [0.2, 0.25) is 0 Å². The molecule has 1 saturated heterocycles. The molecule has 2 atom stereocenters. The van der Waals surface area contributed by atoms with Crippen LogP contribution in [0.4, 0.5) is 19.0 Å². The Hall–Kier alpha value is -4.59. The summed E-state index contributed by atoms with van der Waals surface area (Å²) in [6, 6.07) is 4.59. The van der Waals surface area contributed by atoms with Crippen LogP contribution in [0.25, 0.3) is 28.0 Å². The Labute approximate surface area is 245 Å². The summed E-state index contributed by atoms with van der Waals surface area (Å²) in [5.74, 6) is -3.55. The normalized spacial score (nSPS) is 17.4. The number of piperazine rings is 1. The third-order valence-electron chi connectivity index (χ3n) is 7.32. The van der Waals surface area contributed by atoms with Gasteiger partial charge in [-0.2, -0.15) is 4.98 Å². The van der Waals surface area contributed by atoms with Crippen LogP contribution in [-0.2, 0) is 14.6 Å². The number of hydrogen-bond acceptors (Lipinski definition) is 8. The van der Waals surface area contributed by atoms with Crippen LogP contribution < -0.4 is 10.6 Å². The highest BCUT2D eigenvalue weighted by Crippen LogP contribution is 2.35. The Morgan fingerprint density at radius 3 is 2.26 bits per heavy atom. The Kier molecular flexibility index (Phi) is 7.59. The van der Waals surface area contributed by atoms with Gasteiger partial charge in [0.2, 0.25) is 5.91 Å². The minimum absolute atomic E-state index is 0.0105. The number of sulfone groups is 1. The van der Waals surface area contributed by atoms with Crippen LogP contribution in [0.15, 0.2) is 59.0 Å². The van der Waals surface area contributed by atoms with Crippen LogP contribution in [0, 0.1) is 24.4 Å². The molecule has 224 valence electrons. The molecule has 3 aromatic heterocycles. The van der Waals surface area contributed by atoms with Crippen molar-refractivity contribution in [3.8, 4) is 16.9 Å². The number of halogens is 3. The molecule has 14 heteroatoms. The molecule has 1 aliphatic rings. The largest absolute Gasteiger partial charge is 0.355 e. The first-order chi connectivity index (χ1) is 20.2. The minimum Gasteiger partial charge on any atom is -0.347 e. The lowest BCUT2D eigenvalue weighted by Gasteiger charge is -2.45. The number of hydrogen-bond donors (Lipinski definition) is 0. The summed E-state index contributed by atoms with van der Waals surface area (Å²) in [5.41, 5.74) is -2.63. The molecule has 4 heterocycles. The average molecular weight is 613 g/mol. The molecule has 0 saturated carbocycles. The quantitative estimate of drug-likeness (QED) is 0.314. The van der Waals surface area contributed by atoms with Crippen LogP contribution in [0.3, 0.4) is 0 Å². The van der Waals surface area contributed by atoms with Gasteiger partial charge in [0.05, 0.1) is 16.6 Å². The number of carbonyl (C=O) groups excluding carboxylic acids is 1. The molecule has 10 nitrogen and oxygen atoms in total. The lowest BCUT2D eigenvalue weighted by Crippen LogP contribution is -2.58. The molecular weight excluding hydrogens is 585 g/mol. The zero-order chi connectivity index (χ0) is 31.4. The van der Waals surface area contributed by atoms with Gasteiger partial charge < -0.3 is 9.80 Å². The SMILES string of the molecule is C=CC(=O)N1C[C@@H](C)N(c2nc(=O)n(-c3c(C)ccnc3S(C)(=O)=O)c3nc(-c4c(F)cccc4F)c(F)cc23)[C@@H](C)C1. The molecule has 0 spiro atoms. The van der Waals surface area contributed by atoms with Gasteiger partial charge in [-0.15, -0.1) is 0 Å². The molecule has 43 heavy (non-hydrogen) atoms. The third-order valence-corrected chi connectivity index (χ3v) is 8.32. The Balaban J connectivity index is 1.89. The number of pyridine rings is 2. The van der Waals surface area contributed by atoms with Gasteiger partial charge in [0, 0.05) is 37.6 Å². The van der Waals surface area contributed by atoms with Crippen molar-refractivity contribution < 1.29 is 26.4 Å². The van der Waals surface area contributed by atoms with Gasteiger partial charge in [0.15, 0.2) is 26.3 Å². The Morgan fingerprint density at radius 2 is 1.67 bits per heavy atom. The smallest absolute Gasteiger partial charge is 0.347 e. The van der Waals surface area contributed by atoms with E-state index in [2.05, 4.69) is 21.5 Å². The lowest BCUT2D eigenvalue weighted by molar-refractivity contribution is -0.127. The maximum atomic E-state index is 15.8. The molecule has 1 aliphatic heterocycles. The third kappa shape index (κ3) is 5.15. The summed E-state index contributed by atoms with van der Waals surface area (Å²) in [6.45, 7) is 9.11. The maximum absolute atomic E-state index is 15.8. The van der Waals surface area contributed by atoms with E-state index < -0.39 is 61.3 Å². The minimum atomic E-state index is -4.01. The zero-order valence-electron chi connectivity index (χ0n) is 23.7. The second-order valence-electron chi connectivity index (χ2n) is 10.4. The number of nitrogens with zero attached hydrogens (tertiary/aromatic N) is 6. The van der Waals surface area contributed by atoms with E-state index in [9.17, 15) is 26.8 Å². The number of rotatable bonds is 5. The topological polar surface area (TPSA) is 118 Å². The van der Waals surface area contributed by atoms with Gasteiger partial charge in [0.1, 0.15) is 23.1 Å². The Bertz CT molecular complexity index is 1950. The van der Waals surface area contributed by atoms with Crippen LogP contribution >= 0.6 is 0 Å². The van der Waals surface area contributed by atoms with E-state index in [1.54, 1.807) is 30.6 Å². The van der Waals surface area contributed by atoms with Crippen molar-refractivity contribution in [2.24, 2.45) is 0 Å². The van der Waals surface area contributed by atoms with Gasteiger partial charge in [-0.25, -0.2) is 40.9 Å². The molecule has 1 aromatic carbocycles. The second-order valence-corrected chi connectivity index (χ2v) is 12.4. The summed E-state index contributed by atoms with van der Waals surface area (Å²) in [5, 5.41) is -0.490. The van der Waals surface area contributed by atoms with Gasteiger partial charge >= 0.3 is 5.69 Å². The zero-order valence-corrected chi connectivity index (χ0v) is 24.5. The summed E-state index contributed by atoms with van der Waals surface area (Å²) >= 11 is 0. The first-order valence-electron chi connectivity index (χ1n) is 13.2. The highest BCUT2D eigenvalue weighted by molar-refractivity contribution is 7.90. The van der Waals surface area contributed by atoms with E-state index in [0.29, 0.717) is 5.56 Å².